The molecule has 0 fully saturated rings. The first-order valence-corrected chi connectivity index (χ1v) is 5.82. The molecule has 0 saturated heterocycles. The molecule has 0 radical (unpaired) electrons. The quantitative estimate of drug-likeness (QED) is 0.834. The van der Waals surface area contributed by atoms with Crippen molar-refractivity contribution in [3.63, 3.8) is 0 Å². The molecule has 1 heterocycles. The number of benzene rings is 1. The number of rotatable bonds is 3. The molecule has 0 bridgehead atoms. The molecule has 0 amide bonds. The molecule has 1 atom stereocenters. The molecule has 4 nitrogen and oxygen atoms in total. The molecule has 1 N–H and O–H groups in total. The third kappa shape index (κ3) is 3.11. The highest BCUT2D eigenvalue weighted by Gasteiger charge is 2.30. The number of carbonyl (C=O) groups is 1. The van der Waals surface area contributed by atoms with Crippen molar-refractivity contribution in [2.24, 2.45) is 0 Å². The largest absolute Gasteiger partial charge is 0.457 e. The molecular formula is C14H16O4. The molecule has 18 heavy (non-hydrogen) atoms. The van der Waals surface area contributed by atoms with Gasteiger partial charge < -0.3 is 14.6 Å². The Morgan fingerprint density at radius 2 is 1.89 bits per heavy atom. The number of aliphatic hydroxyl groups is 1. The molecule has 0 saturated carbocycles. The fraction of sp³-hybridized carbons (Fsp3) is 0.357. The number of esters is 1. The summed E-state index contributed by atoms with van der Waals surface area (Å²) in [5.74, 6) is -0.980. The second-order valence-electron chi connectivity index (χ2n) is 4.66. The summed E-state index contributed by atoms with van der Waals surface area (Å²) >= 11 is 0. The number of aliphatic hydroxyl groups excluding tert-OH is 1. The van der Waals surface area contributed by atoms with Crippen LogP contribution in [0, 0.1) is 0 Å². The van der Waals surface area contributed by atoms with Crippen LogP contribution in [0.1, 0.15) is 31.9 Å². The van der Waals surface area contributed by atoms with Crippen molar-refractivity contribution in [3.8, 4) is 0 Å². The van der Waals surface area contributed by atoms with Crippen LogP contribution >= 0.6 is 0 Å². The Morgan fingerprint density at radius 3 is 2.50 bits per heavy atom. The highest BCUT2D eigenvalue weighted by atomic mass is 16.7. The number of hydrogen-bond acceptors (Lipinski definition) is 4. The van der Waals surface area contributed by atoms with Gasteiger partial charge in [0.05, 0.1) is 12.2 Å². The lowest BCUT2D eigenvalue weighted by atomic mass is 10.1. The van der Waals surface area contributed by atoms with Gasteiger partial charge in [-0.05, 0) is 5.56 Å². The summed E-state index contributed by atoms with van der Waals surface area (Å²) in [6, 6.07) is 9.25. The van der Waals surface area contributed by atoms with Crippen LogP contribution < -0.4 is 0 Å². The zero-order valence-corrected chi connectivity index (χ0v) is 10.4. The van der Waals surface area contributed by atoms with Crippen LogP contribution in [0.2, 0.25) is 0 Å². The Hall–Kier alpha value is -1.81. The summed E-state index contributed by atoms with van der Waals surface area (Å²) in [6.07, 6.45) is 0.832. The van der Waals surface area contributed by atoms with Crippen molar-refractivity contribution in [2.45, 2.75) is 32.2 Å². The summed E-state index contributed by atoms with van der Waals surface area (Å²) in [5, 5.41) is 10.1. The summed E-state index contributed by atoms with van der Waals surface area (Å²) in [4.78, 5) is 11.3. The highest BCUT2D eigenvalue weighted by Crippen LogP contribution is 2.28. The monoisotopic (exact) mass is 248 g/mol. The number of ether oxygens (including phenoxy) is 2. The van der Waals surface area contributed by atoms with Gasteiger partial charge in [0.15, 0.2) is 0 Å². The van der Waals surface area contributed by atoms with Crippen LogP contribution in [0.4, 0.5) is 0 Å². The molecule has 1 aliphatic heterocycles. The zero-order valence-electron chi connectivity index (χ0n) is 10.4. The van der Waals surface area contributed by atoms with Crippen molar-refractivity contribution in [3.05, 3.63) is 47.7 Å². The zero-order chi connectivity index (χ0) is 13.2. The molecule has 1 aromatic rings. The first kappa shape index (κ1) is 12.6. The molecule has 1 aliphatic rings. The minimum absolute atomic E-state index is 0.253. The third-order valence-electron chi connectivity index (χ3n) is 2.58. The Balaban J connectivity index is 2.08. The molecule has 4 heteroatoms. The molecule has 0 spiro atoms. The normalized spacial score (nSPS) is 19.5. The van der Waals surface area contributed by atoms with Gasteiger partial charge in [-0.3, -0.25) is 0 Å². The third-order valence-corrected chi connectivity index (χ3v) is 2.58. The highest BCUT2D eigenvalue weighted by molar-refractivity contribution is 5.83. The van der Waals surface area contributed by atoms with E-state index in [0.717, 1.165) is 5.56 Å². The predicted octanol–water partition coefficient (Wildman–Crippen LogP) is 2.30. The van der Waals surface area contributed by atoms with Crippen molar-refractivity contribution >= 4 is 5.97 Å². The summed E-state index contributed by atoms with van der Waals surface area (Å²) in [5.41, 5.74) is 0.791. The minimum atomic E-state index is -0.975. The Kier molecular flexibility index (Phi) is 3.39. The predicted molar refractivity (Wildman–Crippen MR) is 65.4 cm³/mol. The van der Waals surface area contributed by atoms with Crippen LogP contribution in [0.5, 0.6) is 0 Å². The Bertz CT molecular complexity index is 462. The molecule has 1 aromatic carbocycles. The van der Waals surface area contributed by atoms with Crippen LogP contribution in [-0.4, -0.2) is 16.9 Å². The number of hydrogen-bond donors (Lipinski definition) is 1. The van der Waals surface area contributed by atoms with Gasteiger partial charge in [-0.2, -0.15) is 0 Å². The molecule has 0 aliphatic carbocycles. The van der Waals surface area contributed by atoms with E-state index >= 15 is 0 Å². The molecule has 96 valence electrons. The summed E-state index contributed by atoms with van der Waals surface area (Å²) in [7, 11) is 0. The molecular weight excluding hydrogens is 232 g/mol. The van der Waals surface area contributed by atoms with Gasteiger partial charge >= 0.3 is 5.97 Å². The number of carbonyl (C=O) groups excluding carboxylic acids is 1. The average molecular weight is 248 g/mol. The summed E-state index contributed by atoms with van der Waals surface area (Å²) in [6.45, 7) is 3.32. The standard InChI is InChI=1S/C14H16O4/c1-14(2)17-11(9-13(16)18-14)8-12(15)10-6-4-3-5-7-10/h3-7,9,12,15H,8H2,1-2H3/t12-/m0/s1. The Labute approximate surface area is 106 Å². The van der Waals surface area contributed by atoms with E-state index in [1.54, 1.807) is 13.8 Å². The maximum atomic E-state index is 11.3. The lowest BCUT2D eigenvalue weighted by Crippen LogP contribution is -2.34. The van der Waals surface area contributed by atoms with Gasteiger partial charge in [0.2, 0.25) is 5.79 Å². The van der Waals surface area contributed by atoms with Crippen molar-refractivity contribution < 1.29 is 19.4 Å². The SMILES string of the molecule is CC1(C)OC(=O)C=C(C[C@H](O)c2ccccc2)O1. The van der Waals surface area contributed by atoms with Gasteiger partial charge in [0, 0.05) is 20.3 Å². The Morgan fingerprint density at radius 1 is 1.22 bits per heavy atom. The molecule has 0 unspecified atom stereocenters. The van der Waals surface area contributed by atoms with Crippen LogP contribution in [0.15, 0.2) is 42.2 Å². The second-order valence-corrected chi connectivity index (χ2v) is 4.66. The number of cyclic esters (lactones) is 1. The van der Waals surface area contributed by atoms with Gasteiger partial charge in [-0.25, -0.2) is 4.79 Å². The van der Waals surface area contributed by atoms with E-state index in [9.17, 15) is 9.90 Å². The molecule has 2 rings (SSSR count). The van der Waals surface area contributed by atoms with E-state index < -0.39 is 17.9 Å². The fourth-order valence-electron chi connectivity index (χ4n) is 1.85. The molecule has 0 aromatic heterocycles. The van der Waals surface area contributed by atoms with Crippen LogP contribution in [0.3, 0.4) is 0 Å². The van der Waals surface area contributed by atoms with E-state index in [-0.39, 0.29) is 6.42 Å². The van der Waals surface area contributed by atoms with E-state index in [4.69, 9.17) is 9.47 Å². The van der Waals surface area contributed by atoms with E-state index in [0.29, 0.717) is 5.76 Å². The van der Waals surface area contributed by atoms with E-state index in [1.807, 2.05) is 30.3 Å². The van der Waals surface area contributed by atoms with Gasteiger partial charge in [-0.15, -0.1) is 0 Å². The summed E-state index contributed by atoms with van der Waals surface area (Å²) < 4.78 is 10.5. The van der Waals surface area contributed by atoms with E-state index in [1.165, 1.54) is 6.08 Å². The van der Waals surface area contributed by atoms with E-state index in [2.05, 4.69) is 0 Å². The lowest BCUT2D eigenvalue weighted by Gasteiger charge is -2.31. The fourth-order valence-corrected chi connectivity index (χ4v) is 1.85. The average Bonchev–Trinajstić information content (AvgIpc) is 2.27. The maximum Gasteiger partial charge on any atom is 0.337 e. The smallest absolute Gasteiger partial charge is 0.337 e. The first-order valence-electron chi connectivity index (χ1n) is 5.82. The minimum Gasteiger partial charge on any atom is -0.457 e. The topological polar surface area (TPSA) is 55.8 Å². The van der Waals surface area contributed by atoms with Gasteiger partial charge in [0.25, 0.3) is 0 Å². The van der Waals surface area contributed by atoms with Crippen molar-refractivity contribution in [1.29, 1.82) is 0 Å². The van der Waals surface area contributed by atoms with Crippen LogP contribution in [0.25, 0.3) is 0 Å². The second kappa shape index (κ2) is 4.82. The van der Waals surface area contributed by atoms with Gasteiger partial charge in [0.1, 0.15) is 5.76 Å². The van der Waals surface area contributed by atoms with Gasteiger partial charge in [-0.1, -0.05) is 30.3 Å². The maximum absolute atomic E-state index is 11.3. The van der Waals surface area contributed by atoms with Crippen molar-refractivity contribution in [2.75, 3.05) is 0 Å². The van der Waals surface area contributed by atoms with Crippen molar-refractivity contribution in [1.82, 2.24) is 0 Å². The first-order chi connectivity index (χ1) is 8.46. The lowest BCUT2D eigenvalue weighted by molar-refractivity contribution is -0.206. The van der Waals surface area contributed by atoms with Crippen LogP contribution in [-0.2, 0) is 14.3 Å².